The SMILES string of the molecule is C#Cc1c(F)ccc2cccc(-c3ncc4c(N5C[C@H]6CC[C@@H](C5)N6C(=O)OC(C)(C)C)nc(OC[C@@]56CCCN5[C@H](COC(=O)N5CCC(CN7CCC(c8ccc9c(c8)C(=O)N(C8CCC(=O)NC8=O)C9=O)CC7)CC5)CC6)nc4c3F)c12. The summed E-state index contributed by atoms with van der Waals surface area (Å²) in [7, 11) is 0. The summed E-state index contributed by atoms with van der Waals surface area (Å²) < 4.78 is 51.3. The van der Waals surface area contributed by atoms with E-state index in [1.54, 1.807) is 36.5 Å². The quantitative estimate of drug-likeness (QED) is 0.0980. The molecule has 85 heavy (non-hydrogen) atoms. The Labute approximate surface area is 491 Å². The molecule has 0 spiro atoms. The zero-order valence-corrected chi connectivity index (χ0v) is 48.2. The number of aromatic nitrogens is 3. The summed E-state index contributed by atoms with van der Waals surface area (Å²) in [4.78, 5) is 104. The Hall–Kier alpha value is -7.83. The molecule has 13 rings (SSSR count). The van der Waals surface area contributed by atoms with Crippen LogP contribution in [0.3, 0.4) is 0 Å². The van der Waals surface area contributed by atoms with Crippen LogP contribution >= 0.6 is 0 Å². The van der Waals surface area contributed by atoms with Gasteiger partial charge in [-0.3, -0.25) is 44.2 Å². The average molecular weight is 1160 g/mol. The average Bonchev–Trinajstić information content (AvgIpc) is 2.08. The molecule has 1 unspecified atom stereocenters. The van der Waals surface area contributed by atoms with E-state index in [1.807, 2.05) is 42.7 Å². The van der Waals surface area contributed by atoms with Gasteiger partial charge in [0, 0.05) is 62.3 Å². The summed E-state index contributed by atoms with van der Waals surface area (Å²) in [6.45, 7) is 11.6. The van der Waals surface area contributed by atoms with Crippen molar-refractivity contribution >= 4 is 63.3 Å². The van der Waals surface area contributed by atoms with Gasteiger partial charge in [-0.1, -0.05) is 36.3 Å². The number of terminal acetylenes is 1. The van der Waals surface area contributed by atoms with Gasteiger partial charge in [0.1, 0.15) is 47.7 Å². The predicted octanol–water partition coefficient (Wildman–Crippen LogP) is 8.20. The number of likely N-dealkylation sites (tertiary alicyclic amines) is 2. The number of carbonyl (C=O) groups excluding carboxylic acids is 6. The molecule has 2 aromatic heterocycles. The van der Waals surface area contributed by atoms with Crippen molar-refractivity contribution in [2.45, 2.75) is 139 Å². The number of imide groups is 2. The molecular formula is C64H70F2N10O9. The van der Waals surface area contributed by atoms with Gasteiger partial charge in [-0.15, -0.1) is 6.42 Å². The highest BCUT2D eigenvalue weighted by atomic mass is 19.1. The van der Waals surface area contributed by atoms with Crippen molar-refractivity contribution in [3.63, 3.8) is 0 Å². The molecule has 5 aromatic rings. The van der Waals surface area contributed by atoms with Gasteiger partial charge in [-0.25, -0.2) is 18.4 Å². The lowest BCUT2D eigenvalue weighted by Gasteiger charge is -2.42. The number of benzene rings is 3. The number of hydrogen-bond acceptors (Lipinski definition) is 15. The first-order valence-electron chi connectivity index (χ1n) is 30.1. The molecule has 1 N–H and O–H groups in total. The van der Waals surface area contributed by atoms with Gasteiger partial charge >= 0.3 is 18.2 Å². The number of halogens is 2. The molecule has 6 amide bonds. The Kier molecular flexibility index (Phi) is 14.7. The molecule has 444 valence electrons. The van der Waals surface area contributed by atoms with Crippen LogP contribution in [-0.2, 0) is 19.1 Å². The van der Waals surface area contributed by atoms with Crippen molar-refractivity contribution in [2.24, 2.45) is 5.92 Å². The molecule has 7 fully saturated rings. The maximum Gasteiger partial charge on any atom is 0.410 e. The van der Waals surface area contributed by atoms with Crippen molar-refractivity contribution < 1.29 is 51.8 Å². The van der Waals surface area contributed by atoms with Crippen LogP contribution in [0.5, 0.6) is 6.01 Å². The van der Waals surface area contributed by atoms with Gasteiger partial charge in [0.05, 0.1) is 39.7 Å². The highest BCUT2D eigenvalue weighted by molar-refractivity contribution is 6.23. The van der Waals surface area contributed by atoms with Crippen molar-refractivity contribution in [1.82, 2.24) is 44.8 Å². The number of nitrogens with one attached hydrogen (secondary N) is 1. The standard InChI is InChI=1S/C64H70F2N10O9/c1-5-44-49(65)15-11-39-8-6-9-46(52(39)44)54-53(66)55-48(31-67-54)56(73-33-41-12-13-42(34-73)75(41)62(82)85-63(2,3)4)70-60(69-55)84-36-64-23-7-25-74(64)43(18-24-64)35-83-61(81)72-28-19-37(20-29-72)32-71-26-21-38(22-27-71)40-10-14-45-47(30-40)59(80)76(58(45)79)50-16-17-51(77)68-57(50)78/h1,6,8-11,14-15,30-31,37-38,41-43,50H,7,12-13,16-29,32-36H2,2-4H3,(H,68,77,78)/t41-,42+,43-,50?,64-/m0/s1. The lowest BCUT2D eigenvalue weighted by molar-refractivity contribution is -0.136. The van der Waals surface area contributed by atoms with Crippen molar-refractivity contribution in [2.75, 3.05) is 70.5 Å². The maximum absolute atomic E-state index is 17.5. The Morgan fingerprint density at radius 3 is 2.34 bits per heavy atom. The van der Waals surface area contributed by atoms with Crippen molar-refractivity contribution in [3.8, 4) is 29.6 Å². The van der Waals surface area contributed by atoms with Crippen LogP contribution < -0.4 is 15.0 Å². The molecule has 7 saturated heterocycles. The molecule has 5 atom stereocenters. The number of nitrogens with zero attached hydrogens (tertiary/aromatic N) is 9. The first kappa shape index (κ1) is 56.3. The number of fused-ring (bicyclic) bond motifs is 6. The first-order chi connectivity index (χ1) is 40.9. The van der Waals surface area contributed by atoms with Crippen LogP contribution in [0, 0.1) is 29.9 Å². The van der Waals surface area contributed by atoms with E-state index in [0.29, 0.717) is 65.2 Å². The van der Waals surface area contributed by atoms with E-state index in [0.717, 1.165) is 101 Å². The Bertz CT molecular complexity index is 3600. The fourth-order valence-electron chi connectivity index (χ4n) is 15.0. The minimum Gasteiger partial charge on any atom is -0.461 e. The first-order valence-corrected chi connectivity index (χ1v) is 30.1. The molecule has 0 saturated carbocycles. The Balaban J connectivity index is 0.637. The summed E-state index contributed by atoms with van der Waals surface area (Å²) in [6.07, 6.45) is 15.4. The number of carbonyl (C=O) groups is 6. The molecular weight excluding hydrogens is 1090 g/mol. The Morgan fingerprint density at radius 2 is 1.60 bits per heavy atom. The number of anilines is 1. The van der Waals surface area contributed by atoms with Gasteiger partial charge in [-0.2, -0.15) is 9.97 Å². The number of amides is 6. The van der Waals surface area contributed by atoms with Gasteiger partial charge in [-0.05, 0) is 152 Å². The normalized spacial score (nSPS) is 25.0. The molecule has 8 aliphatic rings. The van der Waals surface area contributed by atoms with Crippen molar-refractivity contribution in [3.05, 3.63) is 88.6 Å². The minimum absolute atomic E-state index is 0.00566. The van der Waals surface area contributed by atoms with Gasteiger partial charge < -0.3 is 28.9 Å². The molecule has 0 radical (unpaired) electrons. The van der Waals surface area contributed by atoms with Crippen molar-refractivity contribution in [1.29, 1.82) is 0 Å². The molecule has 19 nitrogen and oxygen atoms in total. The van der Waals surface area contributed by atoms with E-state index in [2.05, 4.69) is 30.9 Å². The second kappa shape index (κ2) is 22.2. The summed E-state index contributed by atoms with van der Waals surface area (Å²) in [5.41, 5.74) is 0.830. The van der Waals surface area contributed by atoms with E-state index >= 15 is 8.78 Å². The van der Waals surface area contributed by atoms with Gasteiger partial charge in [0.2, 0.25) is 11.8 Å². The molecule has 10 heterocycles. The number of pyridine rings is 1. The molecule has 21 heteroatoms. The van der Waals surface area contributed by atoms with E-state index in [1.165, 1.54) is 6.07 Å². The summed E-state index contributed by atoms with van der Waals surface area (Å²) in [5.74, 6) is 0.197. The van der Waals surface area contributed by atoms with Crippen LogP contribution in [0.1, 0.15) is 136 Å². The lowest BCUT2D eigenvalue weighted by atomic mass is 9.87. The highest BCUT2D eigenvalue weighted by Gasteiger charge is 2.51. The smallest absolute Gasteiger partial charge is 0.410 e. The zero-order valence-electron chi connectivity index (χ0n) is 48.2. The molecule has 3 aromatic carbocycles. The van der Waals surface area contributed by atoms with Crippen LogP contribution in [-0.4, -0.2) is 176 Å². The van der Waals surface area contributed by atoms with E-state index in [4.69, 9.17) is 30.6 Å². The second-order valence-electron chi connectivity index (χ2n) is 25.5. The third-order valence-corrected chi connectivity index (χ3v) is 19.2. The second-order valence-corrected chi connectivity index (χ2v) is 25.5. The third-order valence-electron chi connectivity index (χ3n) is 19.2. The van der Waals surface area contributed by atoms with Crippen LogP contribution in [0.2, 0.25) is 0 Å². The lowest BCUT2D eigenvalue weighted by Crippen LogP contribution is -2.57. The van der Waals surface area contributed by atoms with Gasteiger partial charge in [0.25, 0.3) is 11.8 Å². The van der Waals surface area contributed by atoms with E-state index in [9.17, 15) is 28.8 Å². The number of piperazine rings is 1. The number of ether oxygens (including phenoxy) is 3. The minimum atomic E-state index is -0.996. The summed E-state index contributed by atoms with van der Waals surface area (Å²) in [6, 6.07) is 12.2. The number of rotatable bonds is 11. The fourth-order valence-corrected chi connectivity index (χ4v) is 15.0. The highest BCUT2D eigenvalue weighted by Crippen LogP contribution is 2.45. The number of hydrogen-bond donors (Lipinski definition) is 1. The van der Waals surface area contributed by atoms with Crippen LogP contribution in [0.15, 0.2) is 54.7 Å². The Morgan fingerprint density at radius 1 is 0.835 bits per heavy atom. The third kappa shape index (κ3) is 10.5. The monoisotopic (exact) mass is 1160 g/mol. The maximum atomic E-state index is 17.5. The summed E-state index contributed by atoms with van der Waals surface area (Å²) in [5, 5.41) is 3.62. The predicted molar refractivity (Wildman–Crippen MR) is 310 cm³/mol. The summed E-state index contributed by atoms with van der Waals surface area (Å²) >= 11 is 0. The van der Waals surface area contributed by atoms with E-state index < -0.39 is 46.9 Å². The zero-order chi connectivity index (χ0) is 59.1. The van der Waals surface area contributed by atoms with Crippen LogP contribution in [0.25, 0.3) is 32.9 Å². The molecule has 2 bridgehead atoms. The number of piperidine rings is 3. The van der Waals surface area contributed by atoms with Crippen LogP contribution in [0.4, 0.5) is 24.2 Å². The van der Waals surface area contributed by atoms with Gasteiger partial charge in [0.15, 0.2) is 5.82 Å². The molecule has 8 aliphatic heterocycles. The largest absolute Gasteiger partial charge is 0.461 e. The molecule has 0 aliphatic carbocycles. The topological polar surface area (TPSA) is 200 Å². The van der Waals surface area contributed by atoms with E-state index in [-0.39, 0.29) is 96.2 Å². The fraction of sp³-hybridized carbons (Fsp3) is 0.516.